The first-order chi connectivity index (χ1) is 11.8. The van der Waals surface area contributed by atoms with E-state index in [0.717, 1.165) is 12.2 Å². The van der Waals surface area contributed by atoms with Crippen LogP contribution in [0.4, 0.5) is 0 Å². The van der Waals surface area contributed by atoms with Crippen molar-refractivity contribution in [2.75, 3.05) is 7.11 Å². The Balaban J connectivity index is 1.95. The van der Waals surface area contributed by atoms with Crippen LogP contribution >= 0.6 is 0 Å². The molecule has 0 aliphatic carbocycles. The lowest BCUT2D eigenvalue weighted by Gasteiger charge is -2.06. The second-order valence-electron chi connectivity index (χ2n) is 6.67. The molecular formula is C22H36O2. The molecule has 0 radical (unpaired) electrons. The normalized spacial score (nSPS) is 11.2. The van der Waals surface area contributed by atoms with Crippen LogP contribution in [-0.4, -0.2) is 12.2 Å². The summed E-state index contributed by atoms with van der Waals surface area (Å²) in [6.07, 6.45) is 20.1. The Hall–Kier alpha value is -1.44. The van der Waals surface area contributed by atoms with Gasteiger partial charge < -0.3 is 9.84 Å². The van der Waals surface area contributed by atoms with Crippen molar-refractivity contribution in [2.24, 2.45) is 0 Å². The van der Waals surface area contributed by atoms with Crippen LogP contribution < -0.4 is 4.74 Å². The van der Waals surface area contributed by atoms with Crippen molar-refractivity contribution < 1.29 is 9.84 Å². The molecule has 0 unspecified atom stereocenters. The van der Waals surface area contributed by atoms with Crippen molar-refractivity contribution in [1.29, 1.82) is 0 Å². The maximum Gasteiger partial charge on any atom is 0.122 e. The summed E-state index contributed by atoms with van der Waals surface area (Å²) in [5.41, 5.74) is 1.17. The lowest BCUT2D eigenvalue weighted by atomic mass is 10.0. The van der Waals surface area contributed by atoms with Gasteiger partial charge in [-0.3, -0.25) is 0 Å². The van der Waals surface area contributed by atoms with Crippen LogP contribution in [0.3, 0.4) is 0 Å². The maximum absolute atomic E-state index is 9.64. The Bertz CT molecular complexity index is 451. The number of unbranched alkanes of at least 4 members (excludes halogenated alkanes) is 9. The fraction of sp³-hybridized carbons (Fsp3) is 0.636. The number of aromatic hydroxyl groups is 1. The van der Waals surface area contributed by atoms with Gasteiger partial charge in [-0.25, -0.2) is 0 Å². The minimum atomic E-state index is 0.299. The topological polar surface area (TPSA) is 29.5 Å². The number of allylic oxidation sites excluding steroid dienone is 2. The highest BCUT2D eigenvalue weighted by Gasteiger charge is 2.00. The minimum Gasteiger partial charge on any atom is -0.508 e. The summed E-state index contributed by atoms with van der Waals surface area (Å²) in [6.45, 7) is 2.24. The molecule has 1 rings (SSSR count). The molecule has 0 saturated heterocycles. The van der Waals surface area contributed by atoms with Gasteiger partial charge in [0.25, 0.3) is 0 Å². The Morgan fingerprint density at radius 3 is 2.12 bits per heavy atom. The number of aryl methyl sites for hydroxylation is 1. The summed E-state index contributed by atoms with van der Waals surface area (Å²) in [7, 11) is 1.64. The van der Waals surface area contributed by atoms with E-state index in [2.05, 4.69) is 19.1 Å². The van der Waals surface area contributed by atoms with E-state index in [0.29, 0.717) is 5.75 Å². The molecule has 2 heteroatoms. The second kappa shape index (κ2) is 13.9. The first-order valence-electron chi connectivity index (χ1n) is 9.78. The third kappa shape index (κ3) is 10.4. The molecular weight excluding hydrogens is 296 g/mol. The summed E-state index contributed by atoms with van der Waals surface area (Å²) in [5.74, 6) is 1.04. The smallest absolute Gasteiger partial charge is 0.122 e. The average Bonchev–Trinajstić information content (AvgIpc) is 2.58. The standard InChI is InChI=1S/C22H36O2/c1-3-4-5-6-7-8-9-10-11-12-13-14-15-16-20-17-21(23)19-22(18-20)24-2/h6-7,17-19,23H,3-5,8-16H2,1-2H3/b7-6+. The maximum atomic E-state index is 9.64. The first-order valence-corrected chi connectivity index (χ1v) is 9.78. The number of phenolic OH excluding ortho intramolecular Hbond substituents is 1. The van der Waals surface area contributed by atoms with Crippen LogP contribution in [0.5, 0.6) is 11.5 Å². The van der Waals surface area contributed by atoms with Crippen LogP contribution in [-0.2, 0) is 6.42 Å². The highest BCUT2D eigenvalue weighted by molar-refractivity contribution is 5.37. The molecule has 0 heterocycles. The van der Waals surface area contributed by atoms with E-state index >= 15 is 0 Å². The van der Waals surface area contributed by atoms with Crippen molar-refractivity contribution in [3.8, 4) is 11.5 Å². The number of hydrogen-bond donors (Lipinski definition) is 1. The zero-order valence-corrected chi connectivity index (χ0v) is 15.7. The predicted octanol–water partition coefficient (Wildman–Crippen LogP) is 6.81. The highest BCUT2D eigenvalue weighted by atomic mass is 16.5. The lowest BCUT2D eigenvalue weighted by molar-refractivity contribution is 0.406. The zero-order valence-electron chi connectivity index (χ0n) is 15.7. The van der Waals surface area contributed by atoms with Gasteiger partial charge in [0, 0.05) is 6.07 Å². The van der Waals surface area contributed by atoms with E-state index in [1.807, 2.05) is 12.1 Å². The van der Waals surface area contributed by atoms with E-state index < -0.39 is 0 Å². The molecule has 0 bridgehead atoms. The van der Waals surface area contributed by atoms with E-state index in [-0.39, 0.29) is 0 Å². The zero-order chi connectivity index (χ0) is 17.5. The molecule has 0 aromatic heterocycles. The number of rotatable bonds is 14. The quantitative estimate of drug-likeness (QED) is 0.299. The van der Waals surface area contributed by atoms with Gasteiger partial charge >= 0.3 is 0 Å². The Morgan fingerprint density at radius 2 is 1.46 bits per heavy atom. The largest absolute Gasteiger partial charge is 0.508 e. The van der Waals surface area contributed by atoms with Gasteiger partial charge in [-0.2, -0.15) is 0 Å². The molecule has 0 aliphatic heterocycles. The summed E-state index contributed by atoms with van der Waals surface area (Å²) >= 11 is 0. The molecule has 0 atom stereocenters. The van der Waals surface area contributed by atoms with Crippen LogP contribution in [0, 0.1) is 0 Å². The summed E-state index contributed by atoms with van der Waals surface area (Å²) in [6, 6.07) is 5.52. The summed E-state index contributed by atoms with van der Waals surface area (Å²) in [4.78, 5) is 0. The van der Waals surface area contributed by atoms with Gasteiger partial charge in [0.15, 0.2) is 0 Å². The highest BCUT2D eigenvalue weighted by Crippen LogP contribution is 2.23. The van der Waals surface area contributed by atoms with E-state index in [1.54, 1.807) is 13.2 Å². The van der Waals surface area contributed by atoms with Crippen LogP contribution in [0.15, 0.2) is 30.4 Å². The van der Waals surface area contributed by atoms with E-state index in [1.165, 1.54) is 76.2 Å². The Kier molecular flexibility index (Phi) is 12.0. The van der Waals surface area contributed by atoms with Crippen molar-refractivity contribution in [1.82, 2.24) is 0 Å². The third-order valence-corrected chi connectivity index (χ3v) is 4.41. The molecule has 136 valence electrons. The van der Waals surface area contributed by atoms with Gasteiger partial charge in [-0.15, -0.1) is 0 Å². The molecule has 0 saturated carbocycles. The third-order valence-electron chi connectivity index (χ3n) is 4.41. The number of ether oxygens (including phenoxy) is 1. The van der Waals surface area contributed by atoms with Gasteiger partial charge in [0.1, 0.15) is 11.5 Å². The van der Waals surface area contributed by atoms with E-state index in [4.69, 9.17) is 4.74 Å². The SMILES string of the molecule is CCCC/C=C/CCCCCCCCCc1cc(O)cc(OC)c1. The van der Waals surface area contributed by atoms with Crippen LogP contribution in [0.1, 0.15) is 83.1 Å². The fourth-order valence-electron chi connectivity index (χ4n) is 2.94. The molecule has 2 nitrogen and oxygen atoms in total. The fourth-order valence-corrected chi connectivity index (χ4v) is 2.94. The van der Waals surface area contributed by atoms with Gasteiger partial charge in [0.05, 0.1) is 7.11 Å². The van der Waals surface area contributed by atoms with E-state index in [9.17, 15) is 5.11 Å². The van der Waals surface area contributed by atoms with Crippen molar-refractivity contribution in [3.63, 3.8) is 0 Å². The van der Waals surface area contributed by atoms with Crippen molar-refractivity contribution >= 4 is 0 Å². The molecule has 1 aromatic rings. The Labute approximate surface area is 148 Å². The number of hydrogen-bond acceptors (Lipinski definition) is 2. The van der Waals surface area contributed by atoms with Gasteiger partial charge in [-0.05, 0) is 49.8 Å². The van der Waals surface area contributed by atoms with Crippen LogP contribution in [0.2, 0.25) is 0 Å². The van der Waals surface area contributed by atoms with Gasteiger partial charge in [0.2, 0.25) is 0 Å². The molecule has 0 aliphatic rings. The van der Waals surface area contributed by atoms with Crippen molar-refractivity contribution in [3.05, 3.63) is 35.9 Å². The summed E-state index contributed by atoms with van der Waals surface area (Å²) < 4.78 is 5.19. The molecule has 0 spiro atoms. The Morgan fingerprint density at radius 1 is 0.833 bits per heavy atom. The first kappa shape index (κ1) is 20.6. The number of phenols is 1. The number of benzene rings is 1. The summed E-state index contributed by atoms with van der Waals surface area (Å²) in [5, 5.41) is 9.64. The second-order valence-corrected chi connectivity index (χ2v) is 6.67. The molecule has 0 amide bonds. The molecule has 1 N–H and O–H groups in total. The predicted molar refractivity (Wildman–Crippen MR) is 104 cm³/mol. The minimum absolute atomic E-state index is 0.299. The lowest BCUT2D eigenvalue weighted by Crippen LogP contribution is -1.89. The van der Waals surface area contributed by atoms with Gasteiger partial charge in [-0.1, -0.05) is 64.0 Å². The van der Waals surface area contributed by atoms with Crippen LogP contribution in [0.25, 0.3) is 0 Å². The molecule has 0 fully saturated rings. The van der Waals surface area contributed by atoms with Crippen molar-refractivity contribution in [2.45, 2.75) is 84.0 Å². The average molecular weight is 333 g/mol. The molecule has 1 aromatic carbocycles. The number of methoxy groups -OCH3 is 1. The molecule has 24 heavy (non-hydrogen) atoms. The monoisotopic (exact) mass is 332 g/mol.